The van der Waals surface area contributed by atoms with Crippen LogP contribution in [0.1, 0.15) is 15.9 Å². The second-order valence-electron chi connectivity index (χ2n) is 4.37. The number of ether oxygens (including phenoxy) is 1. The Morgan fingerprint density at radius 3 is 2.67 bits per heavy atom. The van der Waals surface area contributed by atoms with Crippen LogP contribution in [0.2, 0.25) is 0 Å². The van der Waals surface area contributed by atoms with Gasteiger partial charge in [-0.05, 0) is 30.3 Å². The van der Waals surface area contributed by atoms with Gasteiger partial charge in [0, 0.05) is 23.9 Å². The average Bonchev–Trinajstić information content (AvgIpc) is 2.47. The normalized spacial score (nSPS) is 10.2. The minimum Gasteiger partial charge on any atom is -0.497 e. The summed E-state index contributed by atoms with van der Waals surface area (Å²) in [6.07, 6.45) is 0. The molecule has 1 amide bonds. The second-order valence-corrected chi connectivity index (χ2v) is 4.37. The molecule has 2 aromatic carbocycles. The first-order valence-corrected chi connectivity index (χ1v) is 6.17. The third-order valence-electron chi connectivity index (χ3n) is 2.95. The molecule has 0 atom stereocenters. The number of carbonyl (C=O) groups is 1. The molecule has 6 heteroatoms. The standard InChI is InChI=1S/C15H14F2N2O2/c1-21-11-3-4-12(14(18)7-11)15(20)19-8-9-6-10(16)2-5-13(9)17/h2-7H,8,18H2,1H3,(H,19,20). The highest BCUT2D eigenvalue weighted by Gasteiger charge is 2.11. The number of nitrogen functional groups attached to an aromatic ring is 1. The van der Waals surface area contributed by atoms with E-state index in [1.807, 2.05) is 0 Å². The van der Waals surface area contributed by atoms with Crippen molar-refractivity contribution in [2.45, 2.75) is 6.54 Å². The van der Waals surface area contributed by atoms with E-state index < -0.39 is 17.5 Å². The van der Waals surface area contributed by atoms with Gasteiger partial charge in [0.05, 0.1) is 12.7 Å². The number of nitrogens with one attached hydrogen (secondary N) is 1. The van der Waals surface area contributed by atoms with E-state index in [4.69, 9.17) is 10.5 Å². The summed E-state index contributed by atoms with van der Waals surface area (Å²) in [5.41, 5.74) is 6.30. The molecule has 3 N–H and O–H groups in total. The Hall–Kier alpha value is -2.63. The van der Waals surface area contributed by atoms with E-state index in [1.165, 1.54) is 19.2 Å². The van der Waals surface area contributed by atoms with E-state index in [9.17, 15) is 13.6 Å². The predicted octanol–water partition coefficient (Wildman–Crippen LogP) is 2.49. The number of amides is 1. The van der Waals surface area contributed by atoms with Crippen LogP contribution in [0.3, 0.4) is 0 Å². The molecule has 2 rings (SSSR count). The topological polar surface area (TPSA) is 64.3 Å². The lowest BCUT2D eigenvalue weighted by Crippen LogP contribution is -2.24. The van der Waals surface area contributed by atoms with Gasteiger partial charge in [-0.15, -0.1) is 0 Å². The van der Waals surface area contributed by atoms with Gasteiger partial charge in [-0.2, -0.15) is 0 Å². The summed E-state index contributed by atoms with van der Waals surface area (Å²) in [6.45, 7) is -0.131. The van der Waals surface area contributed by atoms with Gasteiger partial charge in [0.15, 0.2) is 0 Å². The Bertz CT molecular complexity index is 675. The first-order valence-electron chi connectivity index (χ1n) is 6.17. The minimum absolute atomic E-state index is 0.0652. The molecule has 0 saturated carbocycles. The number of anilines is 1. The van der Waals surface area contributed by atoms with Crippen LogP contribution in [-0.2, 0) is 6.54 Å². The van der Waals surface area contributed by atoms with Crippen molar-refractivity contribution in [1.29, 1.82) is 0 Å². The zero-order valence-electron chi connectivity index (χ0n) is 11.3. The van der Waals surface area contributed by atoms with E-state index in [1.54, 1.807) is 6.07 Å². The average molecular weight is 292 g/mol. The van der Waals surface area contributed by atoms with Crippen molar-refractivity contribution in [3.05, 3.63) is 59.2 Å². The zero-order valence-corrected chi connectivity index (χ0v) is 11.3. The molecule has 0 spiro atoms. The fraction of sp³-hybridized carbons (Fsp3) is 0.133. The number of rotatable bonds is 4. The minimum atomic E-state index is -0.584. The van der Waals surface area contributed by atoms with Crippen molar-refractivity contribution >= 4 is 11.6 Å². The molecule has 0 aliphatic carbocycles. The SMILES string of the molecule is COc1ccc(C(=O)NCc2cc(F)ccc2F)c(N)c1. The van der Waals surface area contributed by atoms with Gasteiger partial charge >= 0.3 is 0 Å². The Morgan fingerprint density at radius 1 is 1.24 bits per heavy atom. The maximum absolute atomic E-state index is 13.4. The first kappa shape index (κ1) is 14.8. The predicted molar refractivity (Wildman–Crippen MR) is 74.9 cm³/mol. The second kappa shape index (κ2) is 6.21. The summed E-state index contributed by atoms with van der Waals surface area (Å²) < 4.78 is 31.5. The number of benzene rings is 2. The zero-order chi connectivity index (χ0) is 15.4. The molecule has 0 radical (unpaired) electrons. The third-order valence-corrected chi connectivity index (χ3v) is 2.95. The summed E-state index contributed by atoms with van der Waals surface area (Å²) >= 11 is 0. The quantitative estimate of drug-likeness (QED) is 0.851. The van der Waals surface area contributed by atoms with Crippen LogP contribution in [-0.4, -0.2) is 13.0 Å². The van der Waals surface area contributed by atoms with E-state index in [-0.39, 0.29) is 23.4 Å². The van der Waals surface area contributed by atoms with Gasteiger partial charge in [0.25, 0.3) is 5.91 Å². The molecular weight excluding hydrogens is 278 g/mol. The Kier molecular flexibility index (Phi) is 4.37. The van der Waals surface area contributed by atoms with Crippen LogP contribution < -0.4 is 15.8 Å². The molecule has 21 heavy (non-hydrogen) atoms. The molecule has 0 saturated heterocycles. The molecule has 0 fully saturated rings. The number of nitrogens with two attached hydrogens (primary N) is 1. The van der Waals surface area contributed by atoms with E-state index in [0.717, 1.165) is 18.2 Å². The van der Waals surface area contributed by atoms with Crippen molar-refractivity contribution in [1.82, 2.24) is 5.32 Å². The maximum atomic E-state index is 13.4. The van der Waals surface area contributed by atoms with Gasteiger partial charge in [-0.1, -0.05) is 0 Å². The number of hydrogen-bond donors (Lipinski definition) is 2. The molecule has 0 aliphatic heterocycles. The third kappa shape index (κ3) is 3.47. The van der Waals surface area contributed by atoms with Crippen molar-refractivity contribution < 1.29 is 18.3 Å². The summed E-state index contributed by atoms with van der Waals surface area (Å²) in [6, 6.07) is 7.67. The molecule has 0 aliphatic rings. The number of methoxy groups -OCH3 is 1. The van der Waals surface area contributed by atoms with Crippen molar-refractivity contribution in [2.24, 2.45) is 0 Å². The largest absolute Gasteiger partial charge is 0.497 e. The number of hydrogen-bond acceptors (Lipinski definition) is 3. The van der Waals surface area contributed by atoms with Crippen LogP contribution in [0, 0.1) is 11.6 Å². The lowest BCUT2D eigenvalue weighted by molar-refractivity contribution is 0.0951. The van der Waals surface area contributed by atoms with E-state index in [0.29, 0.717) is 5.75 Å². The Balaban J connectivity index is 2.10. The molecular formula is C15H14F2N2O2. The van der Waals surface area contributed by atoms with Gasteiger partial charge in [-0.3, -0.25) is 4.79 Å². The lowest BCUT2D eigenvalue weighted by Gasteiger charge is -2.09. The highest BCUT2D eigenvalue weighted by atomic mass is 19.1. The van der Waals surface area contributed by atoms with Crippen LogP contribution in [0.25, 0.3) is 0 Å². The van der Waals surface area contributed by atoms with Gasteiger partial charge in [0.2, 0.25) is 0 Å². The lowest BCUT2D eigenvalue weighted by atomic mass is 10.1. The molecule has 0 heterocycles. The fourth-order valence-electron chi connectivity index (χ4n) is 1.82. The van der Waals surface area contributed by atoms with E-state index in [2.05, 4.69) is 5.32 Å². The highest BCUT2D eigenvalue weighted by Crippen LogP contribution is 2.19. The summed E-state index contributed by atoms with van der Waals surface area (Å²) in [4.78, 5) is 12.0. The summed E-state index contributed by atoms with van der Waals surface area (Å²) in [5, 5.41) is 2.50. The molecule has 0 bridgehead atoms. The van der Waals surface area contributed by atoms with Gasteiger partial charge < -0.3 is 15.8 Å². The number of carbonyl (C=O) groups excluding carboxylic acids is 1. The monoisotopic (exact) mass is 292 g/mol. The number of halogens is 2. The van der Waals surface area contributed by atoms with Crippen molar-refractivity contribution in [3.8, 4) is 5.75 Å². The first-order chi connectivity index (χ1) is 10.0. The van der Waals surface area contributed by atoms with Gasteiger partial charge in [-0.25, -0.2) is 8.78 Å². The van der Waals surface area contributed by atoms with E-state index >= 15 is 0 Å². The van der Waals surface area contributed by atoms with Crippen LogP contribution in [0.5, 0.6) is 5.75 Å². The van der Waals surface area contributed by atoms with Crippen molar-refractivity contribution in [3.63, 3.8) is 0 Å². The van der Waals surface area contributed by atoms with Crippen LogP contribution in [0.4, 0.5) is 14.5 Å². The molecule has 0 unspecified atom stereocenters. The molecule has 110 valence electrons. The fourth-order valence-corrected chi connectivity index (χ4v) is 1.82. The van der Waals surface area contributed by atoms with Gasteiger partial charge in [0.1, 0.15) is 17.4 Å². The Morgan fingerprint density at radius 2 is 2.00 bits per heavy atom. The summed E-state index contributed by atoms with van der Waals surface area (Å²) in [7, 11) is 1.49. The Labute approximate surface area is 120 Å². The van der Waals surface area contributed by atoms with Crippen LogP contribution >= 0.6 is 0 Å². The highest BCUT2D eigenvalue weighted by molar-refractivity contribution is 5.99. The van der Waals surface area contributed by atoms with Crippen LogP contribution in [0.15, 0.2) is 36.4 Å². The smallest absolute Gasteiger partial charge is 0.253 e. The van der Waals surface area contributed by atoms with Crippen molar-refractivity contribution in [2.75, 3.05) is 12.8 Å². The molecule has 0 aromatic heterocycles. The molecule has 4 nitrogen and oxygen atoms in total. The molecule has 2 aromatic rings. The summed E-state index contributed by atoms with van der Waals surface area (Å²) in [5.74, 6) is -1.09. The maximum Gasteiger partial charge on any atom is 0.253 e.